The standard InChI is InChI=1S/C56H72N4O7/c1-10-11-31-67-54(63)47-20-13-18-44(34-47)24-30-60(6)28-16-26-56(40-58,49-21-14-22-51(38-49)64-7)42(4)32-45-35-48(53(62)66-9)37-50(36-45)55(39-57,41(2)3)25-15-27-59(5)29-23-43-17-12-19-46(33-43)52(61)65-8/h12-14,17-22,33-38,41-42H,10-11,15-16,23-32H2,1-9H3. The van der Waals surface area contributed by atoms with Crippen LogP contribution in [0.4, 0.5) is 0 Å². The molecule has 0 aliphatic rings. The van der Waals surface area contributed by atoms with Gasteiger partial charge in [-0.05, 0) is 167 Å². The van der Waals surface area contributed by atoms with Crippen molar-refractivity contribution in [2.45, 2.75) is 96.3 Å². The van der Waals surface area contributed by atoms with Gasteiger partial charge in [0.2, 0.25) is 0 Å². The molecule has 11 heteroatoms. The van der Waals surface area contributed by atoms with E-state index in [-0.39, 0.29) is 23.8 Å². The maximum Gasteiger partial charge on any atom is 0.338 e. The van der Waals surface area contributed by atoms with Crippen molar-refractivity contribution >= 4 is 17.9 Å². The van der Waals surface area contributed by atoms with E-state index in [1.165, 1.54) is 14.2 Å². The van der Waals surface area contributed by atoms with Crippen LogP contribution in [0.2, 0.25) is 0 Å². The van der Waals surface area contributed by atoms with E-state index in [9.17, 15) is 24.9 Å². The molecule has 0 radical (unpaired) electrons. The number of rotatable bonds is 27. The Kier molecular flexibility index (Phi) is 21.1. The molecule has 67 heavy (non-hydrogen) atoms. The first-order chi connectivity index (χ1) is 32.2. The molecule has 0 amide bonds. The van der Waals surface area contributed by atoms with Gasteiger partial charge < -0.3 is 28.7 Å². The quantitative estimate of drug-likeness (QED) is 0.0321. The number of hydrogen-bond donors (Lipinski definition) is 0. The number of hydrogen-bond acceptors (Lipinski definition) is 11. The highest BCUT2D eigenvalue weighted by molar-refractivity contribution is 5.90. The van der Waals surface area contributed by atoms with E-state index < -0.39 is 16.8 Å². The van der Waals surface area contributed by atoms with Crippen molar-refractivity contribution in [3.8, 4) is 17.9 Å². The fourth-order valence-corrected chi connectivity index (χ4v) is 8.99. The van der Waals surface area contributed by atoms with Gasteiger partial charge in [-0.3, -0.25) is 0 Å². The highest BCUT2D eigenvalue weighted by Crippen LogP contribution is 2.42. The third-order valence-corrected chi connectivity index (χ3v) is 13.3. The molecule has 0 bridgehead atoms. The Hall–Kier alpha value is -6.01. The van der Waals surface area contributed by atoms with E-state index in [1.54, 1.807) is 19.2 Å². The molecule has 358 valence electrons. The first-order valence-corrected chi connectivity index (χ1v) is 23.7. The smallest absolute Gasteiger partial charge is 0.338 e. The summed E-state index contributed by atoms with van der Waals surface area (Å²) >= 11 is 0. The summed E-state index contributed by atoms with van der Waals surface area (Å²) in [7, 11) is 8.50. The predicted molar refractivity (Wildman–Crippen MR) is 263 cm³/mol. The summed E-state index contributed by atoms with van der Waals surface area (Å²) in [4.78, 5) is 42.5. The lowest BCUT2D eigenvalue weighted by Crippen LogP contribution is -2.35. The topological polar surface area (TPSA) is 142 Å². The van der Waals surface area contributed by atoms with Crippen molar-refractivity contribution in [3.63, 3.8) is 0 Å². The largest absolute Gasteiger partial charge is 0.497 e. The van der Waals surface area contributed by atoms with Gasteiger partial charge in [0, 0.05) is 13.1 Å². The number of ether oxygens (including phenoxy) is 4. The van der Waals surface area contributed by atoms with E-state index in [0.29, 0.717) is 48.3 Å². The second-order valence-electron chi connectivity index (χ2n) is 18.3. The Labute approximate surface area is 400 Å². The van der Waals surface area contributed by atoms with E-state index in [4.69, 9.17) is 18.9 Å². The van der Waals surface area contributed by atoms with Gasteiger partial charge >= 0.3 is 17.9 Å². The monoisotopic (exact) mass is 913 g/mol. The molecule has 0 aromatic heterocycles. The van der Waals surface area contributed by atoms with Crippen LogP contribution in [-0.2, 0) is 44.3 Å². The van der Waals surface area contributed by atoms with Crippen LogP contribution in [0, 0.1) is 34.5 Å². The van der Waals surface area contributed by atoms with Crippen LogP contribution in [0.25, 0.3) is 0 Å². The summed E-state index contributed by atoms with van der Waals surface area (Å²) < 4.78 is 21.2. The van der Waals surface area contributed by atoms with Crippen molar-refractivity contribution in [1.82, 2.24) is 9.80 Å². The van der Waals surface area contributed by atoms with Crippen molar-refractivity contribution < 1.29 is 33.3 Å². The van der Waals surface area contributed by atoms with Crippen LogP contribution in [0.5, 0.6) is 5.75 Å². The van der Waals surface area contributed by atoms with Crippen LogP contribution in [-0.4, -0.2) is 95.9 Å². The molecule has 11 nitrogen and oxygen atoms in total. The summed E-state index contributed by atoms with van der Waals surface area (Å²) in [6.45, 7) is 11.7. The molecular weight excluding hydrogens is 841 g/mol. The van der Waals surface area contributed by atoms with Crippen LogP contribution in [0.15, 0.2) is 91.0 Å². The number of carbonyl (C=O) groups excluding carboxylic acids is 3. The second kappa shape index (κ2) is 26.4. The van der Waals surface area contributed by atoms with Gasteiger partial charge in [-0.15, -0.1) is 0 Å². The molecule has 3 atom stereocenters. The number of likely N-dealkylation sites (N-methyl/N-ethyl adjacent to an activating group) is 2. The summed E-state index contributed by atoms with van der Waals surface area (Å²) in [6, 6.07) is 34.1. The zero-order chi connectivity index (χ0) is 49.0. The predicted octanol–water partition coefficient (Wildman–Crippen LogP) is 10.2. The third kappa shape index (κ3) is 14.7. The molecular formula is C56H72N4O7. The zero-order valence-corrected chi connectivity index (χ0v) is 41.4. The third-order valence-electron chi connectivity index (χ3n) is 13.3. The van der Waals surface area contributed by atoms with Gasteiger partial charge in [-0.25, -0.2) is 14.4 Å². The number of nitriles is 2. The van der Waals surface area contributed by atoms with Crippen LogP contribution >= 0.6 is 0 Å². The normalized spacial score (nSPS) is 13.5. The minimum atomic E-state index is -0.918. The SMILES string of the molecule is CCCCOC(=O)c1cccc(CCN(C)CCCC(C#N)(c2cccc(OC)c2)C(C)Cc2cc(C(=O)OC)cc(C(C#N)(CCCN(C)CCc3cccc(C(=O)OC)c3)C(C)C)c2)c1. The molecule has 4 rings (SSSR count). The number of esters is 3. The van der Waals surface area contributed by atoms with E-state index in [2.05, 4.69) is 69.8 Å². The van der Waals surface area contributed by atoms with Crippen LogP contribution in [0.1, 0.15) is 125 Å². The Morgan fingerprint density at radius 1 is 0.612 bits per heavy atom. The molecule has 0 fully saturated rings. The van der Waals surface area contributed by atoms with Gasteiger partial charge in [0.1, 0.15) is 5.75 Å². The minimum absolute atomic E-state index is 0.0787. The number of methoxy groups -OCH3 is 3. The maximum absolute atomic E-state index is 13.3. The van der Waals surface area contributed by atoms with Crippen LogP contribution in [0.3, 0.4) is 0 Å². The molecule has 0 aliphatic heterocycles. The lowest BCUT2D eigenvalue weighted by molar-refractivity contribution is 0.0498. The summed E-state index contributed by atoms with van der Waals surface area (Å²) in [5.41, 5.74) is 4.23. The summed E-state index contributed by atoms with van der Waals surface area (Å²) in [5.74, 6) is -0.764. The molecule has 4 aromatic carbocycles. The molecule has 0 saturated heterocycles. The Morgan fingerprint density at radius 3 is 1.69 bits per heavy atom. The van der Waals surface area contributed by atoms with Gasteiger partial charge in [0.05, 0.1) is 67.6 Å². The van der Waals surface area contributed by atoms with E-state index >= 15 is 0 Å². The fraction of sp³-hybridized carbons (Fsp3) is 0.482. The lowest BCUT2D eigenvalue weighted by Gasteiger charge is -2.35. The van der Waals surface area contributed by atoms with Gasteiger partial charge in [0.15, 0.2) is 0 Å². The van der Waals surface area contributed by atoms with E-state index in [1.807, 2.05) is 72.8 Å². The Morgan fingerprint density at radius 2 is 1.15 bits per heavy atom. The first kappa shape index (κ1) is 53.6. The minimum Gasteiger partial charge on any atom is -0.497 e. The molecule has 0 aliphatic carbocycles. The highest BCUT2D eigenvalue weighted by atomic mass is 16.5. The number of unbranched alkanes of at least 4 members (excludes halogenated alkanes) is 1. The number of nitrogens with zero attached hydrogens (tertiary/aromatic N) is 4. The maximum atomic E-state index is 13.3. The zero-order valence-electron chi connectivity index (χ0n) is 41.4. The van der Waals surface area contributed by atoms with Crippen molar-refractivity contribution in [3.05, 3.63) is 136 Å². The molecule has 0 heterocycles. The Balaban J connectivity index is 1.55. The molecule has 0 N–H and O–H groups in total. The van der Waals surface area contributed by atoms with Crippen molar-refractivity contribution in [2.75, 3.05) is 68.2 Å². The molecule has 3 unspecified atom stereocenters. The van der Waals surface area contributed by atoms with Crippen molar-refractivity contribution in [2.24, 2.45) is 11.8 Å². The fourth-order valence-electron chi connectivity index (χ4n) is 8.99. The number of benzene rings is 4. The molecule has 0 spiro atoms. The Bertz CT molecular complexity index is 2330. The van der Waals surface area contributed by atoms with Crippen molar-refractivity contribution in [1.29, 1.82) is 10.5 Å². The van der Waals surface area contributed by atoms with Gasteiger partial charge in [-0.1, -0.05) is 76.6 Å². The number of carbonyl (C=O) groups is 3. The average Bonchev–Trinajstić information content (AvgIpc) is 3.34. The summed E-state index contributed by atoms with van der Waals surface area (Å²) in [5, 5.41) is 22.3. The molecule has 4 aromatic rings. The van der Waals surface area contributed by atoms with E-state index in [0.717, 1.165) is 92.5 Å². The lowest BCUT2D eigenvalue weighted by atomic mass is 9.66. The second-order valence-corrected chi connectivity index (χ2v) is 18.3. The average molecular weight is 913 g/mol. The van der Waals surface area contributed by atoms with Crippen LogP contribution < -0.4 is 4.74 Å². The highest BCUT2D eigenvalue weighted by Gasteiger charge is 2.40. The molecule has 0 saturated carbocycles. The first-order valence-electron chi connectivity index (χ1n) is 23.7. The summed E-state index contributed by atoms with van der Waals surface area (Å²) in [6.07, 6.45) is 6.39. The van der Waals surface area contributed by atoms with Gasteiger partial charge in [-0.2, -0.15) is 10.5 Å². The van der Waals surface area contributed by atoms with Gasteiger partial charge in [0.25, 0.3) is 0 Å².